The zero-order valence-corrected chi connectivity index (χ0v) is 9.32. The second-order valence-electron chi connectivity index (χ2n) is 3.26. The van der Waals surface area contributed by atoms with Gasteiger partial charge in [-0.3, -0.25) is 10.1 Å². The Hall–Kier alpha value is -1.44. The first kappa shape index (κ1) is 13.6. The van der Waals surface area contributed by atoms with Gasteiger partial charge in [-0.05, 0) is 0 Å². The first-order valence-corrected chi connectivity index (χ1v) is 4.99. The molecule has 17 heavy (non-hydrogen) atoms. The van der Waals surface area contributed by atoms with Gasteiger partial charge in [-0.1, -0.05) is 11.6 Å². The molecule has 8 heteroatoms. The number of rotatable bonds is 5. The normalized spacial score (nSPS) is 12.2. The maximum atomic E-state index is 13.2. The summed E-state index contributed by atoms with van der Waals surface area (Å²) in [5, 5.41) is 30.6. The number of benzene rings is 1. The van der Waals surface area contributed by atoms with Gasteiger partial charge in [-0.25, -0.2) is 0 Å². The Balaban J connectivity index is 2.88. The zero-order chi connectivity index (χ0) is 13.0. The average molecular weight is 265 g/mol. The summed E-state index contributed by atoms with van der Waals surface area (Å²) in [5.41, 5.74) is -0.606. The molecule has 0 aromatic heterocycles. The highest BCUT2D eigenvalue weighted by Crippen LogP contribution is 2.29. The van der Waals surface area contributed by atoms with Crippen LogP contribution in [0.1, 0.15) is 0 Å². The highest BCUT2D eigenvalue weighted by Gasteiger charge is 2.17. The van der Waals surface area contributed by atoms with Crippen LogP contribution in [0.2, 0.25) is 5.02 Å². The van der Waals surface area contributed by atoms with Gasteiger partial charge in [0, 0.05) is 18.7 Å². The van der Waals surface area contributed by atoms with E-state index in [-0.39, 0.29) is 17.3 Å². The smallest absolute Gasteiger partial charge is 0.306 e. The average Bonchev–Trinajstić information content (AvgIpc) is 2.28. The van der Waals surface area contributed by atoms with Crippen molar-refractivity contribution in [3.63, 3.8) is 0 Å². The fraction of sp³-hybridized carbons (Fsp3) is 0.333. The van der Waals surface area contributed by atoms with E-state index in [0.29, 0.717) is 0 Å². The number of aliphatic hydroxyl groups is 2. The Labute approximate surface area is 101 Å². The molecule has 1 atom stereocenters. The van der Waals surface area contributed by atoms with Gasteiger partial charge in [0.15, 0.2) is 0 Å². The predicted octanol–water partition coefficient (Wildman–Crippen LogP) is 1.15. The Morgan fingerprint density at radius 3 is 2.76 bits per heavy atom. The van der Waals surface area contributed by atoms with Crippen molar-refractivity contribution in [2.24, 2.45) is 0 Å². The van der Waals surface area contributed by atoms with Crippen molar-refractivity contribution in [3.8, 4) is 0 Å². The molecule has 0 fully saturated rings. The summed E-state index contributed by atoms with van der Waals surface area (Å²) in [7, 11) is 0. The van der Waals surface area contributed by atoms with Crippen LogP contribution in [0.4, 0.5) is 15.8 Å². The number of nitrogens with zero attached hydrogens (tertiary/aromatic N) is 1. The monoisotopic (exact) mass is 264 g/mol. The van der Waals surface area contributed by atoms with E-state index >= 15 is 0 Å². The van der Waals surface area contributed by atoms with Gasteiger partial charge in [0.05, 0.1) is 28.3 Å². The highest BCUT2D eigenvalue weighted by molar-refractivity contribution is 6.33. The van der Waals surface area contributed by atoms with Crippen LogP contribution in [0, 0.1) is 15.9 Å². The van der Waals surface area contributed by atoms with E-state index in [9.17, 15) is 14.5 Å². The van der Waals surface area contributed by atoms with E-state index in [0.717, 1.165) is 12.1 Å². The molecule has 3 N–H and O–H groups in total. The molecule has 1 aromatic rings. The maximum absolute atomic E-state index is 13.2. The maximum Gasteiger partial charge on any atom is 0.306 e. The van der Waals surface area contributed by atoms with Crippen molar-refractivity contribution in [2.45, 2.75) is 6.10 Å². The Morgan fingerprint density at radius 1 is 1.59 bits per heavy atom. The van der Waals surface area contributed by atoms with Gasteiger partial charge >= 0.3 is 5.69 Å². The van der Waals surface area contributed by atoms with Gasteiger partial charge in [-0.15, -0.1) is 0 Å². The van der Waals surface area contributed by atoms with Crippen LogP contribution in [0.15, 0.2) is 12.1 Å². The molecule has 0 aliphatic heterocycles. The molecule has 1 aromatic carbocycles. The topological polar surface area (TPSA) is 95.6 Å². The van der Waals surface area contributed by atoms with Crippen molar-refractivity contribution in [1.29, 1.82) is 0 Å². The van der Waals surface area contributed by atoms with Gasteiger partial charge in [0.1, 0.15) is 0 Å². The number of nitro benzene ring substituents is 1. The van der Waals surface area contributed by atoms with Crippen LogP contribution >= 0.6 is 11.6 Å². The standard InChI is InChI=1S/C9H10ClFN2O4/c10-6-1-9(13(16)17)7(11)2-8(6)12-3-5(15)4-14/h1-2,5,12,14-15H,3-4H2. The molecule has 0 saturated carbocycles. The molecule has 0 aliphatic carbocycles. The van der Waals surface area contributed by atoms with Gasteiger partial charge in [0.25, 0.3) is 0 Å². The van der Waals surface area contributed by atoms with Crippen molar-refractivity contribution >= 4 is 23.0 Å². The SMILES string of the molecule is O=[N+]([O-])c1cc(Cl)c(NCC(O)CO)cc1F. The van der Waals surface area contributed by atoms with Crippen molar-refractivity contribution in [2.75, 3.05) is 18.5 Å². The van der Waals surface area contributed by atoms with E-state index in [1.54, 1.807) is 0 Å². The largest absolute Gasteiger partial charge is 0.394 e. The van der Waals surface area contributed by atoms with Gasteiger partial charge in [-0.2, -0.15) is 4.39 Å². The van der Waals surface area contributed by atoms with Gasteiger partial charge in [0.2, 0.25) is 5.82 Å². The van der Waals surface area contributed by atoms with Crippen LogP contribution in [-0.2, 0) is 0 Å². The third-order valence-corrected chi connectivity index (χ3v) is 2.28. The molecule has 6 nitrogen and oxygen atoms in total. The number of nitrogens with one attached hydrogen (secondary N) is 1. The van der Waals surface area contributed by atoms with Crippen molar-refractivity contribution < 1.29 is 19.5 Å². The van der Waals surface area contributed by atoms with Crippen LogP contribution in [0.5, 0.6) is 0 Å². The first-order valence-electron chi connectivity index (χ1n) is 4.62. The molecular weight excluding hydrogens is 255 g/mol. The summed E-state index contributed by atoms with van der Waals surface area (Å²) >= 11 is 5.69. The highest BCUT2D eigenvalue weighted by atomic mass is 35.5. The third-order valence-electron chi connectivity index (χ3n) is 1.97. The lowest BCUT2D eigenvalue weighted by Crippen LogP contribution is -2.23. The zero-order valence-electron chi connectivity index (χ0n) is 8.56. The van der Waals surface area contributed by atoms with Crippen molar-refractivity contribution in [3.05, 3.63) is 33.1 Å². The number of hydrogen-bond donors (Lipinski definition) is 3. The van der Waals surface area contributed by atoms with Crippen LogP contribution < -0.4 is 5.32 Å². The Morgan fingerprint density at radius 2 is 2.24 bits per heavy atom. The molecule has 0 aliphatic rings. The van der Waals surface area contributed by atoms with E-state index in [4.69, 9.17) is 21.8 Å². The lowest BCUT2D eigenvalue weighted by atomic mass is 10.2. The molecule has 0 radical (unpaired) electrons. The minimum atomic E-state index is -1.03. The molecule has 1 unspecified atom stereocenters. The third kappa shape index (κ3) is 3.52. The van der Waals surface area contributed by atoms with Gasteiger partial charge < -0.3 is 15.5 Å². The van der Waals surface area contributed by atoms with Crippen molar-refractivity contribution in [1.82, 2.24) is 0 Å². The number of anilines is 1. The lowest BCUT2D eigenvalue weighted by molar-refractivity contribution is -0.387. The molecule has 0 spiro atoms. The molecule has 0 amide bonds. The molecule has 0 bridgehead atoms. The molecule has 0 saturated heterocycles. The fourth-order valence-corrected chi connectivity index (χ4v) is 1.33. The molecule has 1 rings (SSSR count). The number of nitro groups is 1. The quantitative estimate of drug-likeness (QED) is 0.548. The van der Waals surface area contributed by atoms with Crippen LogP contribution in [0.25, 0.3) is 0 Å². The summed E-state index contributed by atoms with van der Waals surface area (Å²) in [4.78, 5) is 9.53. The van der Waals surface area contributed by atoms with Crippen LogP contribution in [0.3, 0.4) is 0 Å². The molecular formula is C9H10ClFN2O4. The number of aliphatic hydroxyl groups excluding tert-OH is 2. The van der Waals surface area contributed by atoms with Crippen LogP contribution in [-0.4, -0.2) is 34.4 Å². The number of halogens is 2. The lowest BCUT2D eigenvalue weighted by Gasteiger charge is -2.11. The Bertz CT molecular complexity index is 430. The summed E-state index contributed by atoms with van der Waals surface area (Å²) in [6, 6.07) is 1.75. The van der Waals surface area contributed by atoms with E-state index in [2.05, 4.69) is 5.32 Å². The molecule has 0 heterocycles. The summed E-state index contributed by atoms with van der Waals surface area (Å²) in [5.74, 6) is -1.03. The summed E-state index contributed by atoms with van der Waals surface area (Å²) < 4.78 is 13.2. The van der Waals surface area contributed by atoms with E-state index in [1.165, 1.54) is 0 Å². The second-order valence-corrected chi connectivity index (χ2v) is 3.67. The summed E-state index contributed by atoms with van der Waals surface area (Å²) in [6.45, 7) is -0.506. The Kier molecular flexibility index (Phi) is 4.62. The second kappa shape index (κ2) is 5.76. The summed E-state index contributed by atoms with van der Waals surface area (Å²) in [6.07, 6.45) is -1.02. The minimum absolute atomic E-state index is 0.0387. The fourth-order valence-electron chi connectivity index (χ4n) is 1.10. The molecule has 94 valence electrons. The minimum Gasteiger partial charge on any atom is -0.394 e. The predicted molar refractivity (Wildman–Crippen MR) is 59.6 cm³/mol. The first-order chi connectivity index (χ1) is 7.95. The number of hydrogen-bond acceptors (Lipinski definition) is 5. The van der Waals surface area contributed by atoms with E-state index in [1.807, 2.05) is 0 Å². The van der Waals surface area contributed by atoms with E-state index < -0.39 is 29.1 Å².